The molecule has 1 aromatic rings. The second kappa shape index (κ2) is 6.13. The molecule has 11 heteroatoms. The van der Waals surface area contributed by atoms with Crippen molar-refractivity contribution < 1.29 is 26.9 Å². The first-order valence-corrected chi connectivity index (χ1v) is 4.75. The SMILES string of the molecule is NCCOc1nonc1N.O=S(=O)([O-])[O-]. The maximum atomic E-state index is 8.52. The average Bonchev–Trinajstić information content (AvgIpc) is 2.45. The molecule has 4 N–H and O–H groups in total. The molecule has 88 valence electrons. The van der Waals surface area contributed by atoms with Crippen LogP contribution in [0.4, 0.5) is 5.82 Å². The molecule has 0 fully saturated rings. The summed E-state index contributed by atoms with van der Waals surface area (Å²) in [6.07, 6.45) is 0. The summed E-state index contributed by atoms with van der Waals surface area (Å²) in [5, 5.41) is 6.66. The van der Waals surface area contributed by atoms with Gasteiger partial charge in [0.15, 0.2) is 0 Å². The van der Waals surface area contributed by atoms with Gasteiger partial charge in [-0.1, -0.05) is 0 Å². The monoisotopic (exact) mass is 240 g/mol. The summed E-state index contributed by atoms with van der Waals surface area (Å²) < 4.78 is 43.2. The highest BCUT2D eigenvalue weighted by molar-refractivity contribution is 7.79. The van der Waals surface area contributed by atoms with E-state index in [0.29, 0.717) is 13.2 Å². The molecule has 0 bridgehead atoms. The standard InChI is InChI=1S/C4H8N4O2.H2O4S/c5-1-2-9-4-3(6)7-10-8-4;1-5(2,3)4/h1-2,5H2,(H2,6,7);(H2,1,2,3,4)/p-2. The van der Waals surface area contributed by atoms with Crippen LogP contribution in [0, 0.1) is 0 Å². The number of anilines is 1. The highest BCUT2D eigenvalue weighted by Gasteiger charge is 2.04. The maximum Gasteiger partial charge on any atom is 0.300 e. The van der Waals surface area contributed by atoms with Crippen molar-refractivity contribution in [1.29, 1.82) is 0 Å². The van der Waals surface area contributed by atoms with Gasteiger partial charge in [0, 0.05) is 16.9 Å². The minimum atomic E-state index is -5.17. The Morgan fingerprint density at radius 1 is 1.40 bits per heavy atom. The van der Waals surface area contributed by atoms with Crippen LogP contribution in [0.2, 0.25) is 0 Å². The third-order valence-electron chi connectivity index (χ3n) is 0.839. The minimum absolute atomic E-state index is 0.147. The first-order chi connectivity index (χ1) is 6.84. The molecule has 15 heavy (non-hydrogen) atoms. The van der Waals surface area contributed by atoms with Crippen LogP contribution in [-0.2, 0) is 10.4 Å². The Bertz CT molecular complexity index is 366. The molecule has 1 rings (SSSR count). The first-order valence-electron chi connectivity index (χ1n) is 3.42. The molecule has 0 aliphatic carbocycles. The topological polar surface area (TPSA) is 180 Å². The lowest BCUT2D eigenvalue weighted by molar-refractivity contribution is 0.260. The van der Waals surface area contributed by atoms with E-state index in [2.05, 4.69) is 14.9 Å². The fraction of sp³-hybridized carbons (Fsp3) is 0.500. The molecule has 0 spiro atoms. The third-order valence-corrected chi connectivity index (χ3v) is 0.839. The Balaban J connectivity index is 0.000000336. The van der Waals surface area contributed by atoms with E-state index < -0.39 is 10.4 Å². The second-order valence-electron chi connectivity index (χ2n) is 2.00. The van der Waals surface area contributed by atoms with Crippen LogP contribution in [0.15, 0.2) is 4.63 Å². The van der Waals surface area contributed by atoms with Crippen LogP contribution in [0.3, 0.4) is 0 Å². The third kappa shape index (κ3) is 8.89. The van der Waals surface area contributed by atoms with Gasteiger partial charge in [-0.25, -0.2) is 4.63 Å². The largest absolute Gasteiger partial charge is 0.759 e. The van der Waals surface area contributed by atoms with Gasteiger partial charge < -0.3 is 25.3 Å². The van der Waals surface area contributed by atoms with E-state index in [1.807, 2.05) is 0 Å². The summed E-state index contributed by atoms with van der Waals surface area (Å²) in [7, 11) is -5.17. The molecule has 0 aromatic carbocycles. The van der Waals surface area contributed by atoms with E-state index in [4.69, 9.17) is 33.7 Å². The lowest BCUT2D eigenvalue weighted by Crippen LogP contribution is -2.11. The van der Waals surface area contributed by atoms with Gasteiger partial charge in [-0.05, 0) is 10.3 Å². The molecule has 0 unspecified atom stereocenters. The highest BCUT2D eigenvalue weighted by atomic mass is 32.3. The van der Waals surface area contributed by atoms with E-state index in [1.54, 1.807) is 0 Å². The fourth-order valence-electron chi connectivity index (χ4n) is 0.443. The summed E-state index contributed by atoms with van der Waals surface area (Å²) in [4.78, 5) is 0. The number of aromatic nitrogens is 2. The van der Waals surface area contributed by atoms with E-state index >= 15 is 0 Å². The molecule has 0 aliphatic heterocycles. The molecule has 0 atom stereocenters. The predicted octanol–water partition coefficient (Wildman–Crippen LogP) is -2.35. The Kier molecular flexibility index (Phi) is 5.54. The number of hydrogen-bond donors (Lipinski definition) is 2. The van der Waals surface area contributed by atoms with E-state index in [9.17, 15) is 0 Å². The number of nitrogens with zero attached hydrogens (tertiary/aromatic N) is 2. The van der Waals surface area contributed by atoms with Crippen LogP contribution in [-0.4, -0.2) is 41.0 Å². The summed E-state index contributed by atoms with van der Waals surface area (Å²) >= 11 is 0. The van der Waals surface area contributed by atoms with Crippen molar-refractivity contribution in [1.82, 2.24) is 10.3 Å². The quantitative estimate of drug-likeness (QED) is 0.428. The van der Waals surface area contributed by atoms with Crippen molar-refractivity contribution >= 4 is 16.2 Å². The predicted molar refractivity (Wildman–Crippen MR) is 43.7 cm³/mol. The van der Waals surface area contributed by atoms with E-state index in [-0.39, 0.29) is 11.7 Å². The molecule has 10 nitrogen and oxygen atoms in total. The van der Waals surface area contributed by atoms with Crippen molar-refractivity contribution in [3.63, 3.8) is 0 Å². The average molecular weight is 240 g/mol. The Labute approximate surface area is 84.7 Å². The summed E-state index contributed by atoms with van der Waals surface area (Å²) in [6, 6.07) is 0. The van der Waals surface area contributed by atoms with E-state index in [1.165, 1.54) is 0 Å². The second-order valence-corrected chi connectivity index (χ2v) is 2.82. The Hall–Kier alpha value is -1.43. The molecular weight excluding hydrogens is 232 g/mol. The number of rotatable bonds is 3. The summed E-state index contributed by atoms with van der Waals surface area (Å²) in [6.45, 7) is 0.769. The number of ether oxygens (including phenoxy) is 1. The van der Waals surface area contributed by atoms with Gasteiger partial charge in [0.25, 0.3) is 5.88 Å². The van der Waals surface area contributed by atoms with Crippen LogP contribution >= 0.6 is 0 Å². The molecule has 0 amide bonds. The molecule has 0 saturated carbocycles. The normalized spacial score (nSPS) is 10.3. The zero-order chi connectivity index (χ0) is 11.9. The molecule has 0 aliphatic rings. The van der Waals surface area contributed by atoms with Crippen molar-refractivity contribution in [2.24, 2.45) is 5.73 Å². The van der Waals surface area contributed by atoms with E-state index in [0.717, 1.165) is 0 Å². The number of nitrogens with two attached hydrogens (primary N) is 2. The molecule has 1 heterocycles. The zero-order valence-electron chi connectivity index (χ0n) is 7.32. The zero-order valence-corrected chi connectivity index (χ0v) is 8.14. The summed E-state index contributed by atoms with van der Waals surface area (Å²) in [5.74, 6) is 0.346. The van der Waals surface area contributed by atoms with Crippen LogP contribution < -0.4 is 16.2 Å². The lowest BCUT2D eigenvalue weighted by atomic mass is 10.7. The smallest absolute Gasteiger partial charge is 0.300 e. The van der Waals surface area contributed by atoms with Crippen LogP contribution in [0.1, 0.15) is 0 Å². The molecular formula is C4H8N4O6S-2. The maximum absolute atomic E-state index is 8.52. The van der Waals surface area contributed by atoms with Gasteiger partial charge in [0.2, 0.25) is 5.82 Å². The lowest BCUT2D eigenvalue weighted by Gasteiger charge is -2.06. The van der Waals surface area contributed by atoms with Crippen molar-refractivity contribution in [2.45, 2.75) is 0 Å². The Morgan fingerprint density at radius 2 is 1.93 bits per heavy atom. The van der Waals surface area contributed by atoms with Gasteiger partial charge >= 0.3 is 0 Å². The molecule has 1 aromatic heterocycles. The van der Waals surface area contributed by atoms with Crippen molar-refractivity contribution in [2.75, 3.05) is 18.9 Å². The van der Waals surface area contributed by atoms with Crippen molar-refractivity contribution in [3.8, 4) is 5.88 Å². The Morgan fingerprint density at radius 3 is 2.27 bits per heavy atom. The van der Waals surface area contributed by atoms with Gasteiger partial charge in [-0.15, -0.1) is 0 Å². The van der Waals surface area contributed by atoms with Gasteiger partial charge in [0.1, 0.15) is 6.61 Å². The van der Waals surface area contributed by atoms with Crippen LogP contribution in [0.25, 0.3) is 0 Å². The molecule has 0 saturated heterocycles. The van der Waals surface area contributed by atoms with Gasteiger partial charge in [-0.3, -0.25) is 8.42 Å². The highest BCUT2D eigenvalue weighted by Crippen LogP contribution is 2.12. The van der Waals surface area contributed by atoms with Gasteiger partial charge in [-0.2, -0.15) is 0 Å². The van der Waals surface area contributed by atoms with Crippen LogP contribution in [0.5, 0.6) is 5.88 Å². The number of hydrogen-bond acceptors (Lipinski definition) is 10. The van der Waals surface area contributed by atoms with Gasteiger partial charge in [0.05, 0.1) is 0 Å². The first kappa shape index (κ1) is 13.6. The summed E-state index contributed by atoms with van der Waals surface area (Å²) in [5.41, 5.74) is 10.4. The van der Waals surface area contributed by atoms with Crippen molar-refractivity contribution in [3.05, 3.63) is 0 Å². The molecule has 0 radical (unpaired) electrons. The minimum Gasteiger partial charge on any atom is -0.759 e. The fourth-order valence-corrected chi connectivity index (χ4v) is 0.443. The number of nitrogen functional groups attached to an aromatic ring is 1.